The van der Waals surface area contributed by atoms with Gasteiger partial charge in [0.15, 0.2) is 0 Å². The summed E-state index contributed by atoms with van der Waals surface area (Å²) in [6, 6.07) is 10.7. The van der Waals surface area contributed by atoms with Gasteiger partial charge in [-0.3, -0.25) is 9.59 Å². The lowest BCUT2D eigenvalue weighted by Gasteiger charge is -2.36. The van der Waals surface area contributed by atoms with Gasteiger partial charge in [0, 0.05) is 44.0 Å². The number of nitriles is 1. The fraction of sp³-hybridized carbons (Fsp3) is 0.292. The summed E-state index contributed by atoms with van der Waals surface area (Å²) in [4.78, 5) is 31.6. The van der Waals surface area contributed by atoms with Gasteiger partial charge in [-0.05, 0) is 60.7 Å². The number of fused-ring (bicyclic) bond motifs is 1. The number of halogens is 2. The highest BCUT2D eigenvalue weighted by molar-refractivity contribution is 5.85. The van der Waals surface area contributed by atoms with Crippen LogP contribution in [0.2, 0.25) is 0 Å². The van der Waals surface area contributed by atoms with E-state index in [9.17, 15) is 18.4 Å². The molecule has 0 atom stereocenters. The molecule has 0 radical (unpaired) electrons. The highest BCUT2D eigenvalue weighted by Gasteiger charge is 2.22. The maximum atomic E-state index is 13.6. The van der Waals surface area contributed by atoms with Gasteiger partial charge in [0.1, 0.15) is 17.7 Å². The predicted molar refractivity (Wildman–Crippen MR) is 117 cm³/mol. The molecule has 1 N–H and O–H groups in total. The number of hydrogen-bond donors (Lipinski definition) is 1. The Morgan fingerprint density at radius 3 is 2.56 bits per heavy atom. The second-order valence-electron chi connectivity index (χ2n) is 7.95. The topological polar surface area (TPSA) is 80.2 Å². The summed E-state index contributed by atoms with van der Waals surface area (Å²) >= 11 is 0. The molecule has 2 heterocycles. The largest absolute Gasteiger partial charge is 0.368 e. The number of nitrogens with one attached hydrogen (secondary N) is 1. The van der Waals surface area contributed by atoms with Crippen molar-refractivity contribution < 1.29 is 13.6 Å². The second kappa shape index (κ2) is 8.79. The van der Waals surface area contributed by atoms with Crippen molar-refractivity contribution in [2.75, 3.05) is 31.1 Å². The minimum absolute atomic E-state index is 0.00311. The number of anilines is 1. The normalized spacial score (nSPS) is 13.9. The van der Waals surface area contributed by atoms with E-state index in [-0.39, 0.29) is 23.5 Å². The van der Waals surface area contributed by atoms with Crippen molar-refractivity contribution in [3.8, 4) is 6.07 Å². The first-order valence-corrected chi connectivity index (χ1v) is 10.4. The van der Waals surface area contributed by atoms with Gasteiger partial charge in [-0.2, -0.15) is 5.26 Å². The van der Waals surface area contributed by atoms with Crippen LogP contribution in [-0.2, 0) is 11.2 Å². The summed E-state index contributed by atoms with van der Waals surface area (Å²) in [5.41, 5.74) is 1.71. The predicted octanol–water partition coefficient (Wildman–Crippen LogP) is 3.27. The van der Waals surface area contributed by atoms with Crippen LogP contribution in [0.25, 0.3) is 10.8 Å². The fourth-order valence-electron chi connectivity index (χ4n) is 4.10. The first-order chi connectivity index (χ1) is 15.4. The molecule has 1 amide bonds. The highest BCUT2D eigenvalue weighted by atomic mass is 19.1. The van der Waals surface area contributed by atoms with Crippen molar-refractivity contribution in [1.82, 2.24) is 9.88 Å². The zero-order valence-electron chi connectivity index (χ0n) is 17.6. The summed E-state index contributed by atoms with van der Waals surface area (Å²) in [5, 5.41) is 9.99. The third-order valence-corrected chi connectivity index (χ3v) is 5.87. The van der Waals surface area contributed by atoms with Gasteiger partial charge in [0.25, 0.3) is 5.56 Å². The number of amides is 1. The Morgan fingerprint density at radius 2 is 1.84 bits per heavy atom. The summed E-state index contributed by atoms with van der Waals surface area (Å²) in [5.74, 6) is -1.01. The van der Waals surface area contributed by atoms with Crippen LogP contribution in [0.15, 0.2) is 41.2 Å². The van der Waals surface area contributed by atoms with Gasteiger partial charge in [0.2, 0.25) is 5.91 Å². The van der Waals surface area contributed by atoms with Crippen molar-refractivity contribution >= 4 is 22.4 Å². The molecule has 2 aromatic carbocycles. The molecule has 1 saturated heterocycles. The summed E-state index contributed by atoms with van der Waals surface area (Å²) in [6.07, 6.45) is 0.626. The Hall–Kier alpha value is -3.73. The number of aryl methyl sites for hydroxylation is 2. The molecule has 6 nitrogen and oxygen atoms in total. The van der Waals surface area contributed by atoms with Crippen LogP contribution in [0.3, 0.4) is 0 Å². The molecule has 164 valence electrons. The first-order valence-electron chi connectivity index (χ1n) is 10.4. The van der Waals surface area contributed by atoms with E-state index in [1.807, 2.05) is 11.0 Å². The minimum atomic E-state index is -0.544. The van der Waals surface area contributed by atoms with Crippen LogP contribution in [-0.4, -0.2) is 42.0 Å². The molecule has 32 heavy (non-hydrogen) atoms. The fourth-order valence-corrected chi connectivity index (χ4v) is 4.10. The molecular formula is C24H22F2N4O2. The van der Waals surface area contributed by atoms with Gasteiger partial charge >= 0.3 is 0 Å². The Morgan fingerprint density at radius 1 is 1.09 bits per heavy atom. The average Bonchev–Trinajstić information content (AvgIpc) is 2.78. The number of piperazine rings is 1. The van der Waals surface area contributed by atoms with Crippen LogP contribution < -0.4 is 10.5 Å². The van der Waals surface area contributed by atoms with Crippen molar-refractivity contribution in [2.24, 2.45) is 0 Å². The molecule has 4 rings (SSSR count). The Kier molecular flexibility index (Phi) is 5.91. The maximum Gasteiger partial charge on any atom is 0.256 e. The summed E-state index contributed by atoms with van der Waals surface area (Å²) in [6.45, 7) is 3.95. The van der Waals surface area contributed by atoms with E-state index in [0.717, 1.165) is 5.69 Å². The zero-order chi connectivity index (χ0) is 22.8. The first kappa shape index (κ1) is 21.5. The summed E-state index contributed by atoms with van der Waals surface area (Å²) in [7, 11) is 0. The minimum Gasteiger partial charge on any atom is -0.368 e. The molecule has 3 aromatic rings. The van der Waals surface area contributed by atoms with Crippen molar-refractivity contribution in [1.29, 1.82) is 5.26 Å². The van der Waals surface area contributed by atoms with Crippen molar-refractivity contribution in [3.63, 3.8) is 0 Å². The smallest absolute Gasteiger partial charge is 0.256 e. The molecule has 8 heteroatoms. The molecule has 1 aliphatic rings. The average molecular weight is 436 g/mol. The Balaban J connectivity index is 1.38. The summed E-state index contributed by atoms with van der Waals surface area (Å²) < 4.78 is 27.1. The van der Waals surface area contributed by atoms with Gasteiger partial charge < -0.3 is 14.8 Å². The number of H-pyrrole nitrogens is 1. The third-order valence-electron chi connectivity index (χ3n) is 5.87. The van der Waals surface area contributed by atoms with E-state index in [1.54, 1.807) is 24.0 Å². The van der Waals surface area contributed by atoms with Crippen LogP contribution in [0.5, 0.6) is 0 Å². The molecule has 0 unspecified atom stereocenters. The van der Waals surface area contributed by atoms with Crippen LogP contribution >= 0.6 is 0 Å². The number of aromatic amines is 1. The molecule has 1 aliphatic heterocycles. The number of carbonyl (C=O) groups excluding carboxylic acids is 1. The van der Waals surface area contributed by atoms with E-state index >= 15 is 0 Å². The lowest BCUT2D eigenvalue weighted by Crippen LogP contribution is -2.48. The van der Waals surface area contributed by atoms with E-state index in [0.29, 0.717) is 54.6 Å². The van der Waals surface area contributed by atoms with E-state index in [4.69, 9.17) is 5.26 Å². The SMILES string of the molecule is Cc1cc(F)cc2c(=O)[nH]c(CCC(=O)N3CCN(c4ccc(F)c(C#N)c4)CC3)cc12. The zero-order valence-corrected chi connectivity index (χ0v) is 17.6. The van der Waals surface area contributed by atoms with E-state index in [2.05, 4.69) is 4.98 Å². The number of pyridine rings is 1. The molecule has 0 saturated carbocycles. The number of carbonyl (C=O) groups is 1. The second-order valence-corrected chi connectivity index (χ2v) is 7.95. The molecule has 0 aliphatic carbocycles. The number of aromatic nitrogens is 1. The quantitative estimate of drug-likeness (QED) is 0.681. The lowest BCUT2D eigenvalue weighted by atomic mass is 10.0. The van der Waals surface area contributed by atoms with Gasteiger partial charge in [-0.1, -0.05) is 0 Å². The molecule has 0 spiro atoms. The number of rotatable bonds is 4. The lowest BCUT2D eigenvalue weighted by molar-refractivity contribution is -0.131. The Labute approximate surface area is 183 Å². The number of hydrogen-bond acceptors (Lipinski definition) is 4. The van der Waals surface area contributed by atoms with Crippen LogP contribution in [0.4, 0.5) is 14.5 Å². The number of benzene rings is 2. The molecule has 1 fully saturated rings. The number of nitrogens with zero attached hydrogens (tertiary/aromatic N) is 3. The molecular weight excluding hydrogens is 414 g/mol. The monoisotopic (exact) mass is 436 g/mol. The van der Waals surface area contributed by atoms with Crippen LogP contribution in [0.1, 0.15) is 23.2 Å². The maximum absolute atomic E-state index is 13.6. The standard InChI is InChI=1S/C24H22F2N4O2/c1-15-10-17(25)12-21-20(15)13-18(28-24(21)32)2-5-23(31)30-8-6-29(7-9-30)19-3-4-22(26)16(11-19)14-27/h3-4,10-13H,2,5-9H2,1H3,(H,28,32). The van der Waals surface area contributed by atoms with Gasteiger partial charge in [-0.25, -0.2) is 8.78 Å². The van der Waals surface area contributed by atoms with Gasteiger partial charge in [-0.15, -0.1) is 0 Å². The van der Waals surface area contributed by atoms with E-state index in [1.165, 1.54) is 24.3 Å². The third kappa shape index (κ3) is 4.33. The van der Waals surface area contributed by atoms with E-state index < -0.39 is 11.6 Å². The molecule has 1 aromatic heterocycles. The van der Waals surface area contributed by atoms with Crippen LogP contribution in [0, 0.1) is 29.9 Å². The molecule has 0 bridgehead atoms. The Bertz CT molecular complexity index is 1290. The van der Waals surface area contributed by atoms with Gasteiger partial charge in [0.05, 0.1) is 10.9 Å². The van der Waals surface area contributed by atoms with Crippen molar-refractivity contribution in [3.05, 3.63) is 75.2 Å². The highest BCUT2D eigenvalue weighted by Crippen LogP contribution is 2.21. The van der Waals surface area contributed by atoms with Crippen molar-refractivity contribution in [2.45, 2.75) is 19.8 Å².